The van der Waals surface area contributed by atoms with E-state index >= 15 is 0 Å². The van der Waals surface area contributed by atoms with Gasteiger partial charge in [0, 0.05) is 12.7 Å². The molecule has 3 rings (SSSR count). The molecule has 1 aromatic rings. The fourth-order valence-electron chi connectivity index (χ4n) is 2.95. The van der Waals surface area contributed by atoms with Crippen molar-refractivity contribution < 1.29 is 49.0 Å². The summed E-state index contributed by atoms with van der Waals surface area (Å²) in [7, 11) is 0. The molecular weight excluding hydrogens is 313 g/mol. The molecule has 23 heavy (non-hydrogen) atoms. The monoisotopic (exact) mass is 329 g/mol. The molecule has 0 spiro atoms. The Morgan fingerprint density at radius 1 is 1.48 bits per heavy atom. The number of aromatic nitrogens is 1. The van der Waals surface area contributed by atoms with E-state index in [0.717, 1.165) is 6.42 Å². The van der Waals surface area contributed by atoms with Gasteiger partial charge in [-0.15, -0.1) is 0 Å². The molecule has 118 valence electrons. The Morgan fingerprint density at radius 2 is 2.17 bits per heavy atom. The number of fused-ring (bicyclic) bond motifs is 2. The molecule has 0 bridgehead atoms. The van der Waals surface area contributed by atoms with Gasteiger partial charge in [0.2, 0.25) is 0 Å². The van der Waals surface area contributed by atoms with Crippen LogP contribution in [0, 0.1) is 0 Å². The smallest absolute Gasteiger partial charge is 0.868 e. The van der Waals surface area contributed by atoms with Gasteiger partial charge in [0.15, 0.2) is 11.7 Å². The number of rotatable bonds is 2. The van der Waals surface area contributed by atoms with Gasteiger partial charge in [-0.2, -0.15) is 0 Å². The molecule has 1 fully saturated rings. The second-order valence-electron chi connectivity index (χ2n) is 5.47. The molecule has 2 aliphatic heterocycles. The van der Waals surface area contributed by atoms with E-state index in [0.29, 0.717) is 13.0 Å². The predicted octanol–water partition coefficient (Wildman–Crippen LogP) is -3.99. The predicted molar refractivity (Wildman–Crippen MR) is 73.3 cm³/mol. The summed E-state index contributed by atoms with van der Waals surface area (Å²) in [6.07, 6.45) is 2.25. The molecule has 8 nitrogen and oxygen atoms in total. The molecule has 3 heterocycles. The normalized spacial score (nSPS) is 22.8. The van der Waals surface area contributed by atoms with Gasteiger partial charge < -0.3 is 25.0 Å². The third-order valence-electron chi connectivity index (χ3n) is 4.16. The van der Waals surface area contributed by atoms with E-state index in [-0.39, 0.29) is 47.9 Å². The summed E-state index contributed by atoms with van der Waals surface area (Å²) in [4.78, 5) is 37.1. The Hall–Kier alpha value is -1.35. The second kappa shape index (κ2) is 6.64. The van der Waals surface area contributed by atoms with Crippen LogP contribution in [0.5, 0.6) is 5.75 Å². The molecule has 2 unspecified atom stereocenters. The Bertz CT molecular complexity index is 717. The number of hydrogen-bond acceptors (Lipinski definition) is 5. The summed E-state index contributed by atoms with van der Waals surface area (Å²) in [5, 5.41) is 12.1. The fourth-order valence-corrected chi connectivity index (χ4v) is 2.95. The zero-order chi connectivity index (χ0) is 16.0. The minimum absolute atomic E-state index is 0. The number of carbonyl (C=O) groups excluding carboxylic acids is 2. The maximum atomic E-state index is 12.5. The summed E-state index contributed by atoms with van der Waals surface area (Å²) >= 11 is 0. The molecule has 2 amide bonds. The maximum Gasteiger partial charge on any atom is 1.00 e. The van der Waals surface area contributed by atoms with Gasteiger partial charge in [0.25, 0.3) is 11.8 Å². The van der Waals surface area contributed by atoms with Crippen LogP contribution in [0.2, 0.25) is 0 Å². The van der Waals surface area contributed by atoms with Crippen LogP contribution in [0.4, 0.5) is 0 Å². The number of hydrogen-bond donors (Lipinski definition) is 1. The molecule has 1 saturated heterocycles. The second-order valence-corrected chi connectivity index (χ2v) is 5.47. The Labute approximate surface area is 154 Å². The van der Waals surface area contributed by atoms with E-state index in [1.807, 2.05) is 6.92 Å². The third kappa shape index (κ3) is 2.91. The van der Waals surface area contributed by atoms with Crippen LogP contribution in [0.3, 0.4) is 0 Å². The van der Waals surface area contributed by atoms with Gasteiger partial charge in [-0.25, -0.2) is 0 Å². The van der Waals surface area contributed by atoms with Gasteiger partial charge in [0.1, 0.15) is 11.3 Å². The van der Waals surface area contributed by atoms with E-state index in [1.165, 1.54) is 15.7 Å². The standard InChI is InChI=1S/C14H17N3O5.Na/c1-2-7-3-4-17-9(22-7)6-16-5-8(13(15)20)11(18)12(19)10(16)14(17)21;/h5,7,9,19H,2-4,6H2,1H3,(H2,15,20);/q;+1/p-1. The zero-order valence-electron chi connectivity index (χ0n) is 13.1. The van der Waals surface area contributed by atoms with E-state index in [4.69, 9.17) is 10.5 Å². The Balaban J connectivity index is 0.00000192. The molecule has 2 N–H and O–H groups in total. The van der Waals surface area contributed by atoms with Crippen molar-refractivity contribution in [3.63, 3.8) is 0 Å². The van der Waals surface area contributed by atoms with Crippen LogP contribution < -0.4 is 45.8 Å². The first kappa shape index (κ1) is 18.0. The quantitative estimate of drug-likeness (QED) is 0.555. The number of carbonyl (C=O) groups is 2. The first-order chi connectivity index (χ1) is 10.4. The largest absolute Gasteiger partial charge is 1.00 e. The van der Waals surface area contributed by atoms with Crippen molar-refractivity contribution >= 4 is 11.8 Å². The van der Waals surface area contributed by atoms with Crippen LogP contribution in [0.1, 0.15) is 40.6 Å². The van der Waals surface area contributed by atoms with Gasteiger partial charge in [0.05, 0.1) is 12.6 Å². The van der Waals surface area contributed by atoms with Crippen LogP contribution in [0.15, 0.2) is 11.0 Å². The van der Waals surface area contributed by atoms with E-state index in [1.54, 1.807) is 0 Å². The summed E-state index contributed by atoms with van der Waals surface area (Å²) < 4.78 is 7.14. The van der Waals surface area contributed by atoms with Gasteiger partial charge in [-0.1, -0.05) is 6.92 Å². The van der Waals surface area contributed by atoms with Crippen molar-refractivity contribution in [3.8, 4) is 5.75 Å². The van der Waals surface area contributed by atoms with Crippen molar-refractivity contribution in [3.05, 3.63) is 27.7 Å². The molecular formula is C14H16N3NaO5. The first-order valence-corrected chi connectivity index (χ1v) is 7.14. The average molecular weight is 329 g/mol. The molecule has 0 radical (unpaired) electrons. The Kier molecular flexibility index (Phi) is 5.20. The molecule has 2 aliphatic rings. The van der Waals surface area contributed by atoms with E-state index < -0.39 is 34.8 Å². The fraction of sp³-hybridized carbons (Fsp3) is 0.500. The van der Waals surface area contributed by atoms with Crippen LogP contribution >= 0.6 is 0 Å². The molecule has 9 heteroatoms. The van der Waals surface area contributed by atoms with Crippen molar-refractivity contribution in [1.82, 2.24) is 9.47 Å². The number of pyridine rings is 1. The van der Waals surface area contributed by atoms with E-state index in [9.17, 15) is 19.5 Å². The Morgan fingerprint density at radius 3 is 2.78 bits per heavy atom. The first-order valence-electron chi connectivity index (χ1n) is 7.14. The minimum atomic E-state index is -1.03. The maximum absolute atomic E-state index is 12.5. The van der Waals surface area contributed by atoms with Crippen molar-refractivity contribution in [2.45, 2.75) is 38.6 Å². The van der Waals surface area contributed by atoms with Crippen LogP contribution in [-0.4, -0.2) is 40.2 Å². The van der Waals surface area contributed by atoms with Crippen molar-refractivity contribution in [2.75, 3.05) is 6.54 Å². The molecule has 2 atom stereocenters. The molecule has 0 aromatic carbocycles. The van der Waals surface area contributed by atoms with Crippen molar-refractivity contribution in [1.29, 1.82) is 0 Å². The third-order valence-corrected chi connectivity index (χ3v) is 4.16. The minimum Gasteiger partial charge on any atom is -0.868 e. The number of amides is 2. The summed E-state index contributed by atoms with van der Waals surface area (Å²) in [5.41, 5.74) is 3.44. The SMILES string of the molecule is CCC1CCN2C(=O)c3c([O-])c(=O)c(C(N)=O)cn3CC2O1.[Na+]. The summed E-state index contributed by atoms with van der Waals surface area (Å²) in [5.74, 6) is -2.51. The molecule has 0 saturated carbocycles. The van der Waals surface area contributed by atoms with Crippen LogP contribution in [0.25, 0.3) is 0 Å². The average Bonchev–Trinajstić information content (AvgIpc) is 2.49. The van der Waals surface area contributed by atoms with Crippen molar-refractivity contribution in [2.24, 2.45) is 5.73 Å². The topological polar surface area (TPSA) is 118 Å². The van der Waals surface area contributed by atoms with Gasteiger partial charge in [-0.05, 0) is 18.6 Å². The van der Waals surface area contributed by atoms with Gasteiger partial charge in [-0.3, -0.25) is 14.4 Å². The molecule has 0 aliphatic carbocycles. The molecule has 1 aromatic heterocycles. The van der Waals surface area contributed by atoms with Gasteiger partial charge >= 0.3 is 29.6 Å². The summed E-state index contributed by atoms with van der Waals surface area (Å²) in [6.45, 7) is 2.68. The number of nitrogens with zero attached hydrogens (tertiary/aromatic N) is 2. The van der Waals surface area contributed by atoms with Crippen LogP contribution in [-0.2, 0) is 11.3 Å². The number of primary amides is 1. The van der Waals surface area contributed by atoms with E-state index in [2.05, 4.69) is 0 Å². The number of nitrogens with two attached hydrogens (primary N) is 1. The summed E-state index contributed by atoms with van der Waals surface area (Å²) in [6, 6.07) is 0. The zero-order valence-corrected chi connectivity index (χ0v) is 15.1. The number of ether oxygens (including phenoxy) is 1.